The van der Waals surface area contributed by atoms with Crippen LogP contribution >= 0.6 is 0 Å². The van der Waals surface area contributed by atoms with Crippen LogP contribution in [0.25, 0.3) is 0 Å². The Kier molecular flexibility index (Phi) is 9.56. The van der Waals surface area contributed by atoms with Crippen LogP contribution in [0.5, 0.6) is 0 Å². The summed E-state index contributed by atoms with van der Waals surface area (Å²) in [4.78, 5) is 0. The molecule has 0 fully saturated rings. The summed E-state index contributed by atoms with van der Waals surface area (Å²) in [7, 11) is 14.5. The second-order valence-corrected chi connectivity index (χ2v) is 4.59. The summed E-state index contributed by atoms with van der Waals surface area (Å²) >= 11 is 0. The fourth-order valence-electron chi connectivity index (χ4n) is 1.92. The molecule has 0 aromatic heterocycles. The Morgan fingerprint density at radius 3 is 2.00 bits per heavy atom. The van der Waals surface area contributed by atoms with Gasteiger partial charge in [-0.25, -0.2) is 0 Å². The van der Waals surface area contributed by atoms with Crippen molar-refractivity contribution in [1.29, 1.82) is 0 Å². The third-order valence-electron chi connectivity index (χ3n) is 3.23. The minimum absolute atomic E-state index is 0. The molecule has 0 bridgehead atoms. The maximum Gasteiger partial charge on any atom is 0.0809 e. The minimum atomic E-state index is 0. The molecule has 84 valence electrons. The third kappa shape index (κ3) is 7.64. The van der Waals surface area contributed by atoms with E-state index < -0.39 is 0 Å². The molecule has 2 unspecified atom stereocenters. The smallest absolute Gasteiger partial charge is 0.0809 e. The fourth-order valence-corrected chi connectivity index (χ4v) is 1.92. The Morgan fingerprint density at radius 1 is 0.846 bits per heavy atom. The first kappa shape index (κ1) is 13.6. The number of hydrogen-bond acceptors (Lipinski definition) is 0. The van der Waals surface area contributed by atoms with Crippen molar-refractivity contribution in [2.45, 2.75) is 25.5 Å². The topological polar surface area (TPSA) is 0 Å². The molecule has 0 amide bonds. The van der Waals surface area contributed by atoms with E-state index in [0.29, 0.717) is 0 Å². The van der Waals surface area contributed by atoms with Crippen molar-refractivity contribution < 1.29 is 15.7 Å². The summed E-state index contributed by atoms with van der Waals surface area (Å²) in [6.07, 6.45) is 0. The zero-order chi connectivity index (χ0) is 10.1. The summed E-state index contributed by atoms with van der Waals surface area (Å²) < 4.78 is 0. The lowest BCUT2D eigenvalue weighted by atomic mass is 8.97. The SMILES string of the molecule is BBBBBBC(C)C(C)BBB.[H-].[H-].[H-].[H-].[H-].[H-].[H-].[H-].[H-].[H-].[H-]. The number of rotatable bonds is 8. The first-order valence-corrected chi connectivity index (χ1v) is 6.22. The Morgan fingerprint density at radius 2 is 1.46 bits per heavy atom. The molecule has 2 atom stereocenters. The van der Waals surface area contributed by atoms with Gasteiger partial charge in [0.25, 0.3) is 0 Å². The molecule has 0 spiro atoms. The standard InChI is InChI=1S/C4H19B9.11H/c1-3(7-9-5)4(2)8-11-13-12-10-6;;;;;;;;;;;/h3-4,7-13H,5-6H2,1-2H3;;;;;;;;;;;/q;11*-1. The van der Waals surface area contributed by atoms with Gasteiger partial charge in [-0.1, -0.05) is 25.5 Å². The van der Waals surface area contributed by atoms with Gasteiger partial charge in [0.2, 0.25) is 0 Å². The van der Waals surface area contributed by atoms with Crippen molar-refractivity contribution in [2.75, 3.05) is 0 Å². The van der Waals surface area contributed by atoms with E-state index in [1.54, 1.807) is 0 Å². The molecule has 0 rings (SSSR count). The summed E-state index contributed by atoms with van der Waals surface area (Å²) in [5.41, 5.74) is 0. The molecular weight excluding hydrogens is 145 g/mol. The van der Waals surface area contributed by atoms with E-state index >= 15 is 0 Å². The van der Waals surface area contributed by atoms with Crippen LogP contribution in [0.15, 0.2) is 0 Å². The van der Waals surface area contributed by atoms with Gasteiger partial charge in [0.15, 0.2) is 0 Å². The van der Waals surface area contributed by atoms with Crippen LogP contribution in [0.2, 0.25) is 11.6 Å². The van der Waals surface area contributed by atoms with E-state index in [0.717, 1.165) is 11.6 Å². The molecule has 0 aromatic rings. The average molecular weight is 176 g/mol. The van der Waals surface area contributed by atoms with Gasteiger partial charge in [0.1, 0.15) is 0 Å². The second kappa shape index (κ2) is 9.15. The first-order chi connectivity index (χ1) is 6.22. The normalized spacial score (nSPS) is 13.4. The van der Waals surface area contributed by atoms with Crippen molar-refractivity contribution >= 4 is 65.1 Å². The van der Waals surface area contributed by atoms with Gasteiger partial charge in [0, 0.05) is 28.2 Å². The Bertz CT molecular complexity index is 132. The second-order valence-electron chi connectivity index (χ2n) is 4.59. The summed E-state index contributed by atoms with van der Waals surface area (Å²) in [6, 6.07) is 0. The van der Waals surface area contributed by atoms with E-state index in [1.165, 1.54) is 49.6 Å². The summed E-state index contributed by atoms with van der Waals surface area (Å²) in [5.74, 6) is 1.88. The lowest BCUT2D eigenvalue weighted by Gasteiger charge is -2.16. The van der Waals surface area contributed by atoms with Crippen LogP contribution in [0.4, 0.5) is 0 Å². The van der Waals surface area contributed by atoms with E-state index in [9.17, 15) is 0 Å². The predicted octanol–water partition coefficient (Wildman–Crippen LogP) is -3.43. The fraction of sp³-hybridized carbons (Fsp3) is 1.00. The molecule has 0 saturated heterocycles. The third-order valence-corrected chi connectivity index (χ3v) is 3.23. The zero-order valence-corrected chi connectivity index (χ0v) is 10.1. The monoisotopic (exact) mass is 177 g/mol. The molecule has 0 radical (unpaired) electrons. The zero-order valence-electron chi connectivity index (χ0n) is 21.1. The van der Waals surface area contributed by atoms with Crippen LogP contribution < -0.4 is 0 Å². The largest absolute Gasteiger partial charge is 1.00 e. The molecule has 0 aliphatic carbocycles. The average Bonchev–Trinajstić information content (AvgIpc) is 2.12. The van der Waals surface area contributed by atoms with Crippen LogP contribution in [-0.4, -0.2) is 65.1 Å². The first-order valence-electron chi connectivity index (χ1n) is 6.22. The lowest BCUT2D eigenvalue weighted by Crippen LogP contribution is -2.27. The van der Waals surface area contributed by atoms with Gasteiger partial charge in [-0.05, 0) is 0 Å². The molecule has 0 nitrogen and oxygen atoms in total. The van der Waals surface area contributed by atoms with Gasteiger partial charge in [0.05, 0.1) is 36.9 Å². The van der Waals surface area contributed by atoms with Crippen molar-refractivity contribution in [2.24, 2.45) is 0 Å². The van der Waals surface area contributed by atoms with Gasteiger partial charge in [-0.3, -0.25) is 0 Å². The van der Waals surface area contributed by atoms with Gasteiger partial charge >= 0.3 is 0 Å². The van der Waals surface area contributed by atoms with E-state index in [2.05, 4.69) is 29.3 Å². The van der Waals surface area contributed by atoms with Crippen LogP contribution in [0, 0.1) is 0 Å². The molecule has 0 aliphatic heterocycles. The Labute approximate surface area is 107 Å². The van der Waals surface area contributed by atoms with Crippen LogP contribution in [0.3, 0.4) is 0 Å². The van der Waals surface area contributed by atoms with E-state index in [-0.39, 0.29) is 15.7 Å². The molecule has 0 aliphatic rings. The summed E-state index contributed by atoms with van der Waals surface area (Å²) in [5, 5.41) is 0. The van der Waals surface area contributed by atoms with Crippen molar-refractivity contribution in [3.8, 4) is 0 Å². The Balaban J connectivity index is -0.0000000131. The maximum absolute atomic E-state index is 2.42. The van der Waals surface area contributed by atoms with Crippen molar-refractivity contribution in [1.82, 2.24) is 0 Å². The molecule has 0 aromatic carbocycles. The quantitative estimate of drug-likeness (QED) is 0.266. The van der Waals surface area contributed by atoms with Crippen molar-refractivity contribution in [3.05, 3.63) is 0 Å². The maximum atomic E-state index is 2.42. The molecule has 13 heavy (non-hydrogen) atoms. The highest BCUT2D eigenvalue weighted by Gasteiger charge is 2.12. The highest BCUT2D eigenvalue weighted by molar-refractivity contribution is 7.57. The highest BCUT2D eigenvalue weighted by atomic mass is 13.9. The highest BCUT2D eigenvalue weighted by Crippen LogP contribution is 2.19. The van der Waals surface area contributed by atoms with Crippen LogP contribution in [-0.2, 0) is 0 Å². The predicted molar refractivity (Wildman–Crippen MR) is 98.2 cm³/mol. The summed E-state index contributed by atoms with van der Waals surface area (Å²) in [6.45, 7) is 4.83. The molecule has 0 heterocycles. The minimum Gasteiger partial charge on any atom is -1.00 e. The molecular formula is C4H30B9-11. The van der Waals surface area contributed by atoms with Gasteiger partial charge in [-0.2, -0.15) is 0 Å². The van der Waals surface area contributed by atoms with Gasteiger partial charge < -0.3 is 15.7 Å². The Hall–Kier alpha value is 0.584. The van der Waals surface area contributed by atoms with Crippen LogP contribution in [0.1, 0.15) is 29.5 Å². The molecule has 0 N–H and O–H groups in total. The molecule has 0 saturated carbocycles. The molecule has 9 heteroatoms. The van der Waals surface area contributed by atoms with E-state index in [4.69, 9.17) is 0 Å². The van der Waals surface area contributed by atoms with Gasteiger partial charge in [-0.15, -0.1) is 0 Å². The number of hydrogen-bond donors (Lipinski definition) is 0. The van der Waals surface area contributed by atoms with E-state index in [1.807, 2.05) is 0 Å². The van der Waals surface area contributed by atoms with Crippen molar-refractivity contribution in [3.63, 3.8) is 0 Å². The lowest BCUT2D eigenvalue weighted by molar-refractivity contribution is 0.868.